The van der Waals surface area contributed by atoms with Crippen molar-refractivity contribution in [2.24, 2.45) is 21.8 Å². The van der Waals surface area contributed by atoms with Gasteiger partial charge in [-0.2, -0.15) is 5.10 Å². The van der Waals surface area contributed by atoms with E-state index in [1.165, 1.54) is 35.9 Å². The van der Waals surface area contributed by atoms with Crippen LogP contribution in [0.25, 0.3) is 0 Å². The van der Waals surface area contributed by atoms with Crippen LogP contribution in [0.5, 0.6) is 0 Å². The largest absolute Gasteiger partial charge is 0.357 e. The van der Waals surface area contributed by atoms with Crippen LogP contribution in [-0.4, -0.2) is 34.1 Å². The van der Waals surface area contributed by atoms with Crippen molar-refractivity contribution in [2.45, 2.75) is 44.4 Å². The summed E-state index contributed by atoms with van der Waals surface area (Å²) in [5, 5.41) is 16.4. The van der Waals surface area contributed by atoms with E-state index in [-0.39, 0.29) is 22.5 Å². The maximum atomic E-state index is 12.1. The lowest BCUT2D eigenvalue weighted by atomic mass is 9.70. The summed E-state index contributed by atoms with van der Waals surface area (Å²) >= 11 is 2.81. The van der Waals surface area contributed by atoms with Crippen LogP contribution in [0, 0.1) is 16.7 Å². The molecule has 0 unspecified atom stereocenters. The molecule has 136 valence electrons. The first-order valence-electron chi connectivity index (χ1n) is 8.54. The number of fused-ring (bicyclic) bond motifs is 2. The highest BCUT2D eigenvalue weighted by molar-refractivity contribution is 8.01. The van der Waals surface area contributed by atoms with Crippen LogP contribution < -0.4 is 10.7 Å². The standard InChI is InChI=1S/C17H25N5OS2/c1-5-8-18-14-21-22-15(25-14)24-10-13(23)20-19-12-9-11-6-7-17(12,4)16(11,2)3/h5,11H,1,6-10H2,2-4H3,(H,18,21)(H,20,23)/b19-12+/t11-,17+/m1/s1. The molecular weight excluding hydrogens is 354 g/mol. The molecule has 0 saturated heterocycles. The smallest absolute Gasteiger partial charge is 0.250 e. The van der Waals surface area contributed by atoms with Gasteiger partial charge >= 0.3 is 0 Å². The number of hydrogen-bond donors (Lipinski definition) is 2. The van der Waals surface area contributed by atoms with Crippen molar-refractivity contribution < 1.29 is 4.79 Å². The van der Waals surface area contributed by atoms with E-state index in [1.807, 2.05) is 0 Å². The second-order valence-electron chi connectivity index (χ2n) is 7.42. The molecule has 2 aliphatic carbocycles. The van der Waals surface area contributed by atoms with E-state index in [9.17, 15) is 4.79 Å². The van der Waals surface area contributed by atoms with Gasteiger partial charge in [-0.1, -0.05) is 49.9 Å². The minimum atomic E-state index is -0.0996. The van der Waals surface area contributed by atoms with E-state index in [4.69, 9.17) is 0 Å². The molecule has 1 aromatic heterocycles. The lowest BCUT2D eigenvalue weighted by Gasteiger charge is -2.34. The van der Waals surface area contributed by atoms with Crippen molar-refractivity contribution in [1.29, 1.82) is 0 Å². The summed E-state index contributed by atoms with van der Waals surface area (Å²) in [5.41, 5.74) is 4.28. The van der Waals surface area contributed by atoms with Crippen molar-refractivity contribution in [2.75, 3.05) is 17.6 Å². The fourth-order valence-electron chi connectivity index (χ4n) is 3.89. The van der Waals surface area contributed by atoms with Crippen LogP contribution in [0.3, 0.4) is 0 Å². The molecule has 1 amide bonds. The molecule has 2 saturated carbocycles. The lowest BCUT2D eigenvalue weighted by molar-refractivity contribution is -0.118. The van der Waals surface area contributed by atoms with Crippen molar-refractivity contribution in [3.63, 3.8) is 0 Å². The third-order valence-electron chi connectivity index (χ3n) is 5.96. The summed E-state index contributed by atoms with van der Waals surface area (Å²) in [5.74, 6) is 0.874. The van der Waals surface area contributed by atoms with Crippen LogP contribution >= 0.6 is 23.1 Å². The number of carbonyl (C=O) groups is 1. The SMILES string of the molecule is C=CCNc1nnc(SCC(=O)N/N=C2\C[C@H]3CC[C@]2(C)C3(C)C)s1. The van der Waals surface area contributed by atoms with E-state index in [0.717, 1.165) is 21.6 Å². The summed E-state index contributed by atoms with van der Waals surface area (Å²) in [6, 6.07) is 0. The van der Waals surface area contributed by atoms with Gasteiger partial charge in [-0.05, 0) is 30.6 Å². The fourth-order valence-corrected chi connectivity index (χ4v) is 5.44. The molecule has 2 N–H and O–H groups in total. The molecule has 0 spiro atoms. The molecule has 0 aromatic carbocycles. The van der Waals surface area contributed by atoms with Crippen molar-refractivity contribution in [3.8, 4) is 0 Å². The summed E-state index contributed by atoms with van der Waals surface area (Å²) in [4.78, 5) is 12.1. The van der Waals surface area contributed by atoms with E-state index < -0.39 is 0 Å². The average Bonchev–Trinajstić information content (AvgIpc) is 3.18. The van der Waals surface area contributed by atoms with Gasteiger partial charge < -0.3 is 5.32 Å². The monoisotopic (exact) mass is 379 g/mol. The molecule has 2 fully saturated rings. The molecule has 1 heterocycles. The Balaban J connectivity index is 1.50. The number of nitrogens with one attached hydrogen (secondary N) is 2. The van der Waals surface area contributed by atoms with Crippen LogP contribution in [0.4, 0.5) is 5.13 Å². The van der Waals surface area contributed by atoms with Gasteiger partial charge in [-0.25, -0.2) is 5.43 Å². The molecule has 2 atom stereocenters. The van der Waals surface area contributed by atoms with Crippen LogP contribution in [-0.2, 0) is 4.79 Å². The Morgan fingerprint density at radius 1 is 1.48 bits per heavy atom. The van der Waals surface area contributed by atoms with Gasteiger partial charge in [0.2, 0.25) is 5.13 Å². The average molecular weight is 380 g/mol. The highest BCUT2D eigenvalue weighted by Crippen LogP contribution is 2.63. The maximum Gasteiger partial charge on any atom is 0.250 e. The Morgan fingerprint density at radius 2 is 2.28 bits per heavy atom. The highest BCUT2D eigenvalue weighted by atomic mass is 32.2. The molecule has 1 aromatic rings. The van der Waals surface area contributed by atoms with Gasteiger partial charge in [0.1, 0.15) is 0 Å². The van der Waals surface area contributed by atoms with Crippen LogP contribution in [0.2, 0.25) is 0 Å². The predicted molar refractivity (Wildman–Crippen MR) is 104 cm³/mol. The Labute approximate surface area is 157 Å². The zero-order chi connectivity index (χ0) is 18.1. The van der Waals surface area contributed by atoms with E-state index in [0.29, 0.717) is 12.5 Å². The molecule has 3 rings (SSSR count). The number of hydrogen-bond acceptors (Lipinski definition) is 7. The number of rotatable bonds is 7. The minimum Gasteiger partial charge on any atom is -0.357 e. The molecular formula is C17H25N5OS2. The number of hydrazone groups is 1. The van der Waals surface area contributed by atoms with Gasteiger partial charge in [0.25, 0.3) is 5.91 Å². The summed E-state index contributed by atoms with van der Waals surface area (Å²) in [6.45, 7) is 11.2. The first-order chi connectivity index (χ1) is 11.9. The molecule has 25 heavy (non-hydrogen) atoms. The number of nitrogens with zero attached hydrogens (tertiary/aromatic N) is 3. The first-order valence-corrected chi connectivity index (χ1v) is 10.3. The Bertz CT molecular complexity index is 699. The minimum absolute atomic E-state index is 0.0996. The summed E-state index contributed by atoms with van der Waals surface area (Å²) in [6.07, 6.45) is 5.20. The first kappa shape index (κ1) is 18.4. The highest BCUT2D eigenvalue weighted by Gasteiger charge is 2.59. The van der Waals surface area contributed by atoms with Crippen molar-refractivity contribution in [3.05, 3.63) is 12.7 Å². The molecule has 2 aliphatic rings. The van der Waals surface area contributed by atoms with Gasteiger partial charge in [0.05, 0.1) is 5.75 Å². The second-order valence-corrected chi connectivity index (χ2v) is 9.62. The van der Waals surface area contributed by atoms with Gasteiger partial charge in [-0.15, -0.1) is 16.8 Å². The molecule has 2 bridgehead atoms. The van der Waals surface area contributed by atoms with E-state index in [2.05, 4.69) is 53.4 Å². The molecule has 8 heteroatoms. The third-order valence-corrected chi connectivity index (χ3v) is 7.97. The Morgan fingerprint density at radius 3 is 2.92 bits per heavy atom. The number of anilines is 1. The normalized spacial score (nSPS) is 28.3. The summed E-state index contributed by atoms with van der Waals surface area (Å²) < 4.78 is 0.766. The van der Waals surface area contributed by atoms with Crippen LogP contribution in [0.1, 0.15) is 40.0 Å². The molecule has 0 aliphatic heterocycles. The number of thioether (sulfide) groups is 1. The zero-order valence-electron chi connectivity index (χ0n) is 15.0. The van der Waals surface area contributed by atoms with Crippen molar-refractivity contribution in [1.82, 2.24) is 15.6 Å². The van der Waals surface area contributed by atoms with Crippen molar-refractivity contribution >= 4 is 39.8 Å². The van der Waals surface area contributed by atoms with Gasteiger partial charge in [-0.3, -0.25) is 4.79 Å². The van der Waals surface area contributed by atoms with E-state index >= 15 is 0 Å². The lowest BCUT2D eigenvalue weighted by Crippen LogP contribution is -2.34. The van der Waals surface area contributed by atoms with Gasteiger partial charge in [0, 0.05) is 17.7 Å². The Kier molecular flexibility index (Phi) is 5.20. The third kappa shape index (κ3) is 3.46. The topological polar surface area (TPSA) is 79.3 Å². The Hall–Kier alpha value is -1.41. The molecule has 6 nitrogen and oxygen atoms in total. The number of carbonyl (C=O) groups excluding carboxylic acids is 1. The fraction of sp³-hybridized carbons (Fsp3) is 0.647. The maximum absolute atomic E-state index is 12.1. The van der Waals surface area contributed by atoms with Gasteiger partial charge in [0.15, 0.2) is 4.34 Å². The predicted octanol–water partition coefficient (Wildman–Crippen LogP) is 3.55. The van der Waals surface area contributed by atoms with E-state index in [1.54, 1.807) is 6.08 Å². The number of aromatic nitrogens is 2. The number of amides is 1. The summed E-state index contributed by atoms with van der Waals surface area (Å²) in [7, 11) is 0. The molecule has 0 radical (unpaired) electrons. The second kappa shape index (κ2) is 7.07. The zero-order valence-corrected chi connectivity index (χ0v) is 16.6. The van der Waals surface area contributed by atoms with Crippen LogP contribution in [0.15, 0.2) is 22.1 Å². The quantitative estimate of drug-likeness (QED) is 0.430.